The molecule has 0 spiro atoms. The van der Waals surface area contributed by atoms with Gasteiger partial charge in [0.05, 0.1) is 25.4 Å². The molecule has 0 aliphatic carbocycles. The van der Waals surface area contributed by atoms with Gasteiger partial charge >= 0.3 is 11.8 Å². The van der Waals surface area contributed by atoms with E-state index in [1.54, 1.807) is 10.6 Å². The van der Waals surface area contributed by atoms with Crippen molar-refractivity contribution in [3.05, 3.63) is 34.8 Å². The van der Waals surface area contributed by atoms with E-state index in [1.807, 2.05) is 28.0 Å². The average molecular weight is 346 g/mol. The Morgan fingerprint density at radius 2 is 1.64 bits per heavy atom. The summed E-state index contributed by atoms with van der Waals surface area (Å²) < 4.78 is 12.2. The highest BCUT2D eigenvalue weighted by Crippen LogP contribution is 2.14. The number of carbonyl (C=O) groups excluding carboxylic acids is 1. The molecule has 2 aliphatic heterocycles. The molecule has 2 amide bonds. The van der Waals surface area contributed by atoms with Crippen molar-refractivity contribution in [2.75, 3.05) is 52.5 Å². The fourth-order valence-corrected chi connectivity index (χ4v) is 3.38. The molecule has 2 saturated heterocycles. The number of hydrogen-bond acceptors (Lipinski definition) is 5. The second kappa shape index (κ2) is 6.89. The number of para-hydroxylation sites is 2. The smallest absolute Gasteiger partial charge is 0.408 e. The Balaban J connectivity index is 1.38. The quantitative estimate of drug-likeness (QED) is 0.797. The number of nitrogens with zero attached hydrogens (tertiary/aromatic N) is 4. The van der Waals surface area contributed by atoms with Gasteiger partial charge in [0.1, 0.15) is 0 Å². The summed E-state index contributed by atoms with van der Waals surface area (Å²) in [6.45, 7) is 5.84. The van der Waals surface area contributed by atoms with Crippen molar-refractivity contribution >= 4 is 17.1 Å². The summed E-state index contributed by atoms with van der Waals surface area (Å²) in [5.74, 6) is -0.340. The number of piperazine rings is 1. The molecule has 1 aromatic carbocycles. The number of urea groups is 1. The summed E-state index contributed by atoms with van der Waals surface area (Å²) in [5, 5.41) is 0. The zero-order valence-electron chi connectivity index (χ0n) is 14.1. The lowest BCUT2D eigenvalue weighted by Crippen LogP contribution is -2.55. The molecule has 2 aromatic rings. The molecule has 0 bridgehead atoms. The van der Waals surface area contributed by atoms with Gasteiger partial charge in [-0.05, 0) is 12.1 Å². The maximum absolute atomic E-state index is 12.5. The highest BCUT2D eigenvalue weighted by atomic mass is 16.5. The Kier molecular flexibility index (Phi) is 4.46. The third kappa shape index (κ3) is 3.27. The van der Waals surface area contributed by atoms with E-state index in [9.17, 15) is 9.59 Å². The van der Waals surface area contributed by atoms with Gasteiger partial charge in [0.2, 0.25) is 0 Å². The summed E-state index contributed by atoms with van der Waals surface area (Å²) in [4.78, 5) is 30.5. The molecular weight excluding hydrogens is 324 g/mol. The van der Waals surface area contributed by atoms with Gasteiger partial charge in [0, 0.05) is 39.3 Å². The maximum Gasteiger partial charge on any atom is 0.421 e. The van der Waals surface area contributed by atoms with Crippen LogP contribution >= 0.6 is 0 Å². The monoisotopic (exact) mass is 346 g/mol. The summed E-state index contributed by atoms with van der Waals surface area (Å²) in [6, 6.07) is 7.53. The molecule has 0 radical (unpaired) electrons. The molecule has 3 heterocycles. The number of rotatable bonds is 2. The number of aromatic nitrogens is 1. The zero-order chi connectivity index (χ0) is 17.2. The van der Waals surface area contributed by atoms with Crippen LogP contribution in [0.2, 0.25) is 0 Å². The van der Waals surface area contributed by atoms with Gasteiger partial charge in [-0.3, -0.25) is 9.47 Å². The second-order valence-corrected chi connectivity index (χ2v) is 6.39. The predicted octanol–water partition coefficient (Wildman–Crippen LogP) is 0.622. The Hall–Kier alpha value is -2.32. The van der Waals surface area contributed by atoms with E-state index in [4.69, 9.17) is 9.15 Å². The molecule has 0 saturated carbocycles. The van der Waals surface area contributed by atoms with Crippen molar-refractivity contribution in [2.24, 2.45) is 0 Å². The van der Waals surface area contributed by atoms with Gasteiger partial charge in [-0.1, -0.05) is 12.1 Å². The van der Waals surface area contributed by atoms with E-state index < -0.39 is 0 Å². The van der Waals surface area contributed by atoms with E-state index in [0.29, 0.717) is 51.6 Å². The standard InChI is InChI=1S/C17H22N4O4/c22-16(20-9-11-24-12-10-20)19-7-5-18(6-8-19)13-21-14-3-1-2-4-15(14)25-17(21)23/h1-4H,5-13H2. The molecule has 2 fully saturated rings. The SMILES string of the molecule is O=C(N1CCOCC1)N1CCN(Cn2c(=O)oc3ccccc32)CC1. The minimum Gasteiger partial charge on any atom is -0.408 e. The molecular formula is C17H22N4O4. The number of carbonyl (C=O) groups is 1. The molecule has 25 heavy (non-hydrogen) atoms. The van der Waals surface area contributed by atoms with Gasteiger partial charge < -0.3 is 19.0 Å². The summed E-state index contributed by atoms with van der Waals surface area (Å²) in [5.41, 5.74) is 1.41. The Morgan fingerprint density at radius 1 is 0.960 bits per heavy atom. The van der Waals surface area contributed by atoms with E-state index >= 15 is 0 Å². The number of amides is 2. The Labute approximate surface area is 145 Å². The van der Waals surface area contributed by atoms with Crippen LogP contribution in [0.1, 0.15) is 0 Å². The highest BCUT2D eigenvalue weighted by Gasteiger charge is 2.26. The zero-order valence-corrected chi connectivity index (χ0v) is 14.1. The maximum atomic E-state index is 12.5. The van der Waals surface area contributed by atoms with Gasteiger partial charge in [-0.25, -0.2) is 9.59 Å². The molecule has 2 aliphatic rings. The normalized spacial score (nSPS) is 19.5. The molecule has 0 unspecified atom stereocenters. The molecule has 1 aromatic heterocycles. The van der Waals surface area contributed by atoms with Crippen LogP contribution in [-0.2, 0) is 11.4 Å². The number of morpholine rings is 1. The first-order chi connectivity index (χ1) is 12.2. The van der Waals surface area contributed by atoms with Crippen LogP contribution < -0.4 is 5.76 Å². The Bertz CT molecular complexity index is 800. The molecule has 8 nitrogen and oxygen atoms in total. The molecule has 134 valence electrons. The van der Waals surface area contributed by atoms with Crippen LogP contribution in [0.5, 0.6) is 0 Å². The first kappa shape index (κ1) is 16.2. The minimum absolute atomic E-state index is 0.0916. The van der Waals surface area contributed by atoms with Crippen LogP contribution in [0.3, 0.4) is 0 Å². The van der Waals surface area contributed by atoms with E-state index in [2.05, 4.69) is 4.90 Å². The van der Waals surface area contributed by atoms with E-state index in [-0.39, 0.29) is 11.8 Å². The highest BCUT2D eigenvalue weighted by molar-refractivity contribution is 5.74. The molecule has 4 rings (SSSR count). The molecule has 8 heteroatoms. The number of ether oxygens (including phenoxy) is 1. The summed E-state index contributed by atoms with van der Waals surface area (Å²) >= 11 is 0. The van der Waals surface area contributed by atoms with Crippen LogP contribution in [0, 0.1) is 0 Å². The van der Waals surface area contributed by atoms with Crippen molar-refractivity contribution in [2.45, 2.75) is 6.67 Å². The van der Waals surface area contributed by atoms with Crippen molar-refractivity contribution < 1.29 is 13.9 Å². The van der Waals surface area contributed by atoms with Crippen molar-refractivity contribution in [1.29, 1.82) is 0 Å². The number of oxazole rings is 1. The lowest BCUT2D eigenvalue weighted by Gasteiger charge is -2.38. The van der Waals surface area contributed by atoms with E-state index in [1.165, 1.54) is 0 Å². The van der Waals surface area contributed by atoms with Crippen LogP contribution in [0.25, 0.3) is 11.1 Å². The summed E-state index contributed by atoms with van der Waals surface area (Å²) in [6.07, 6.45) is 0. The van der Waals surface area contributed by atoms with Crippen molar-refractivity contribution in [3.8, 4) is 0 Å². The summed E-state index contributed by atoms with van der Waals surface area (Å²) in [7, 11) is 0. The van der Waals surface area contributed by atoms with Crippen molar-refractivity contribution in [1.82, 2.24) is 19.3 Å². The third-order valence-electron chi connectivity index (χ3n) is 4.84. The minimum atomic E-state index is -0.340. The average Bonchev–Trinajstić information content (AvgIpc) is 2.98. The van der Waals surface area contributed by atoms with Gasteiger partial charge in [-0.2, -0.15) is 0 Å². The van der Waals surface area contributed by atoms with Crippen LogP contribution in [0.4, 0.5) is 4.79 Å². The third-order valence-corrected chi connectivity index (χ3v) is 4.84. The number of fused-ring (bicyclic) bond motifs is 1. The number of benzene rings is 1. The largest absolute Gasteiger partial charge is 0.421 e. The molecule has 0 N–H and O–H groups in total. The second-order valence-electron chi connectivity index (χ2n) is 6.39. The lowest BCUT2D eigenvalue weighted by molar-refractivity contribution is 0.0357. The van der Waals surface area contributed by atoms with Gasteiger partial charge in [0.25, 0.3) is 0 Å². The Morgan fingerprint density at radius 3 is 2.40 bits per heavy atom. The lowest BCUT2D eigenvalue weighted by atomic mass is 10.3. The van der Waals surface area contributed by atoms with Crippen LogP contribution in [0.15, 0.2) is 33.5 Å². The fraction of sp³-hybridized carbons (Fsp3) is 0.529. The van der Waals surface area contributed by atoms with Gasteiger partial charge in [0.15, 0.2) is 5.58 Å². The number of hydrogen-bond donors (Lipinski definition) is 0. The topological polar surface area (TPSA) is 71.2 Å². The van der Waals surface area contributed by atoms with Gasteiger partial charge in [-0.15, -0.1) is 0 Å². The van der Waals surface area contributed by atoms with E-state index in [0.717, 1.165) is 18.6 Å². The first-order valence-corrected chi connectivity index (χ1v) is 8.65. The fourth-order valence-electron chi connectivity index (χ4n) is 3.38. The van der Waals surface area contributed by atoms with Crippen molar-refractivity contribution in [3.63, 3.8) is 0 Å². The van der Waals surface area contributed by atoms with Crippen LogP contribution in [-0.4, -0.2) is 77.8 Å². The predicted molar refractivity (Wildman–Crippen MR) is 91.4 cm³/mol. The first-order valence-electron chi connectivity index (χ1n) is 8.65. The molecule has 0 atom stereocenters.